The van der Waals surface area contributed by atoms with Crippen LogP contribution in [0.1, 0.15) is 23.1 Å². The van der Waals surface area contributed by atoms with Gasteiger partial charge < -0.3 is 5.73 Å². The van der Waals surface area contributed by atoms with Crippen LogP contribution in [0.15, 0.2) is 30.6 Å². The number of aromatic nitrogens is 3. The minimum Gasteiger partial charge on any atom is -0.383 e. The Morgan fingerprint density at radius 2 is 2.06 bits per heavy atom. The van der Waals surface area contributed by atoms with E-state index >= 15 is 0 Å². The van der Waals surface area contributed by atoms with Crippen LogP contribution >= 0.6 is 0 Å². The van der Waals surface area contributed by atoms with Gasteiger partial charge in [-0.05, 0) is 19.1 Å². The molecule has 0 bridgehead atoms. The van der Waals surface area contributed by atoms with Crippen LogP contribution in [0.2, 0.25) is 0 Å². The van der Waals surface area contributed by atoms with Crippen molar-refractivity contribution in [2.45, 2.75) is 13.0 Å². The quantitative estimate of drug-likeness (QED) is 0.518. The molecule has 6 nitrogen and oxygen atoms in total. The van der Waals surface area contributed by atoms with Crippen molar-refractivity contribution < 1.29 is 0 Å². The van der Waals surface area contributed by atoms with Gasteiger partial charge in [0, 0.05) is 18.0 Å². The van der Waals surface area contributed by atoms with Crippen molar-refractivity contribution in [1.29, 1.82) is 0 Å². The Morgan fingerprint density at radius 1 is 1.24 bits per heavy atom. The summed E-state index contributed by atoms with van der Waals surface area (Å²) >= 11 is 0. The average Bonchev–Trinajstić information content (AvgIpc) is 2.33. The monoisotopic (exact) mass is 230 g/mol. The summed E-state index contributed by atoms with van der Waals surface area (Å²) in [5.74, 6) is 6.68. The Bertz CT molecular complexity index is 513. The first-order valence-electron chi connectivity index (χ1n) is 5.18. The lowest BCUT2D eigenvalue weighted by Gasteiger charge is -2.17. The average molecular weight is 230 g/mol. The van der Waals surface area contributed by atoms with Gasteiger partial charge in [0.15, 0.2) is 0 Å². The third-order valence-corrected chi connectivity index (χ3v) is 2.44. The lowest BCUT2D eigenvalue weighted by molar-refractivity contribution is 0.616. The fraction of sp³-hybridized carbons (Fsp3) is 0.182. The number of nitrogen functional groups attached to an aromatic ring is 1. The van der Waals surface area contributed by atoms with Gasteiger partial charge in [0.2, 0.25) is 0 Å². The fourth-order valence-corrected chi connectivity index (χ4v) is 1.64. The zero-order valence-electron chi connectivity index (χ0n) is 9.46. The second kappa shape index (κ2) is 4.86. The number of hydrogen-bond donors (Lipinski definition) is 3. The van der Waals surface area contributed by atoms with Crippen molar-refractivity contribution in [2.24, 2.45) is 5.84 Å². The van der Waals surface area contributed by atoms with Crippen LogP contribution in [-0.2, 0) is 0 Å². The molecule has 0 saturated carbocycles. The predicted octanol–water partition coefficient (Wildman–Crippen LogP) is 0.315. The number of aryl methyl sites for hydroxylation is 1. The van der Waals surface area contributed by atoms with Crippen LogP contribution in [0.25, 0.3) is 0 Å². The Labute approximate surface area is 99.1 Å². The number of hydrazine groups is 1. The minimum absolute atomic E-state index is 0.287. The maximum Gasteiger partial charge on any atom is 0.128 e. The second-order valence-electron chi connectivity index (χ2n) is 3.61. The van der Waals surface area contributed by atoms with Crippen LogP contribution in [-0.4, -0.2) is 15.0 Å². The predicted molar refractivity (Wildman–Crippen MR) is 64.6 cm³/mol. The van der Waals surface area contributed by atoms with E-state index < -0.39 is 0 Å². The molecule has 2 heterocycles. The molecule has 5 N–H and O–H groups in total. The highest BCUT2D eigenvalue weighted by Crippen LogP contribution is 2.22. The maximum atomic E-state index is 5.82. The highest BCUT2D eigenvalue weighted by Gasteiger charge is 2.17. The van der Waals surface area contributed by atoms with Crippen LogP contribution in [0.4, 0.5) is 5.82 Å². The van der Waals surface area contributed by atoms with E-state index in [1.54, 1.807) is 18.5 Å². The molecule has 1 atom stereocenters. The first kappa shape index (κ1) is 11.4. The molecule has 2 rings (SSSR count). The smallest absolute Gasteiger partial charge is 0.128 e. The summed E-state index contributed by atoms with van der Waals surface area (Å²) in [6.45, 7) is 1.82. The van der Waals surface area contributed by atoms with Crippen molar-refractivity contribution in [3.05, 3.63) is 47.7 Å². The molecule has 2 aromatic rings. The largest absolute Gasteiger partial charge is 0.383 e. The molecule has 0 amide bonds. The molecule has 6 heteroatoms. The van der Waals surface area contributed by atoms with Crippen LogP contribution in [0, 0.1) is 6.92 Å². The van der Waals surface area contributed by atoms with Gasteiger partial charge in [-0.15, -0.1) is 0 Å². The topological polar surface area (TPSA) is 103 Å². The summed E-state index contributed by atoms with van der Waals surface area (Å²) < 4.78 is 0. The van der Waals surface area contributed by atoms with Crippen molar-refractivity contribution in [1.82, 2.24) is 20.4 Å². The van der Waals surface area contributed by atoms with Gasteiger partial charge >= 0.3 is 0 Å². The number of nitrogens with zero attached hydrogens (tertiary/aromatic N) is 3. The molecule has 0 aliphatic rings. The molecule has 0 radical (unpaired) electrons. The molecule has 1 unspecified atom stereocenters. The first-order chi connectivity index (χ1) is 8.22. The van der Waals surface area contributed by atoms with Gasteiger partial charge in [-0.25, -0.2) is 20.4 Å². The second-order valence-corrected chi connectivity index (χ2v) is 3.61. The van der Waals surface area contributed by atoms with E-state index in [0.29, 0.717) is 11.6 Å². The lowest BCUT2D eigenvalue weighted by Crippen LogP contribution is -2.30. The summed E-state index contributed by atoms with van der Waals surface area (Å²) in [6.07, 6.45) is 3.33. The SMILES string of the molecule is Cc1nccc(C(NN)c2cccnc2N)n1. The van der Waals surface area contributed by atoms with Crippen LogP contribution < -0.4 is 17.0 Å². The van der Waals surface area contributed by atoms with Gasteiger partial charge in [-0.1, -0.05) is 6.07 Å². The Morgan fingerprint density at radius 3 is 2.71 bits per heavy atom. The minimum atomic E-state index is -0.287. The van der Waals surface area contributed by atoms with E-state index in [9.17, 15) is 0 Å². The van der Waals surface area contributed by atoms with Gasteiger partial charge in [-0.2, -0.15) is 0 Å². The van der Waals surface area contributed by atoms with E-state index in [1.807, 2.05) is 19.1 Å². The number of pyridine rings is 1. The maximum absolute atomic E-state index is 5.82. The molecule has 0 fully saturated rings. The highest BCUT2D eigenvalue weighted by atomic mass is 15.2. The lowest BCUT2D eigenvalue weighted by atomic mass is 10.1. The summed E-state index contributed by atoms with van der Waals surface area (Å²) in [4.78, 5) is 12.4. The normalized spacial score (nSPS) is 12.4. The van der Waals surface area contributed by atoms with E-state index in [1.165, 1.54) is 0 Å². The summed E-state index contributed by atoms with van der Waals surface area (Å²) in [6, 6.07) is 5.18. The number of rotatable bonds is 3. The van der Waals surface area contributed by atoms with Gasteiger partial charge in [0.25, 0.3) is 0 Å². The molecular formula is C11H14N6. The molecule has 0 aliphatic carbocycles. The summed E-state index contributed by atoms with van der Waals surface area (Å²) in [5, 5.41) is 0. The molecule has 17 heavy (non-hydrogen) atoms. The standard InChI is InChI=1S/C11H14N6/c1-7-14-6-4-9(16-7)10(17-13)8-3-2-5-15-11(8)12/h2-6,10,17H,13H2,1H3,(H2,12,15). The summed E-state index contributed by atoms with van der Waals surface area (Å²) in [5.41, 5.74) is 10.1. The Hall–Kier alpha value is -2.05. The number of nitrogens with two attached hydrogens (primary N) is 2. The third-order valence-electron chi connectivity index (χ3n) is 2.44. The molecule has 2 aromatic heterocycles. The Balaban J connectivity index is 2.44. The van der Waals surface area contributed by atoms with E-state index in [2.05, 4.69) is 20.4 Å². The highest BCUT2D eigenvalue weighted by molar-refractivity contribution is 5.44. The van der Waals surface area contributed by atoms with Gasteiger partial charge in [0.05, 0.1) is 11.7 Å². The van der Waals surface area contributed by atoms with Crippen molar-refractivity contribution >= 4 is 5.82 Å². The van der Waals surface area contributed by atoms with E-state index in [4.69, 9.17) is 11.6 Å². The molecule has 0 aliphatic heterocycles. The van der Waals surface area contributed by atoms with Crippen LogP contribution in [0.5, 0.6) is 0 Å². The van der Waals surface area contributed by atoms with Crippen LogP contribution in [0.3, 0.4) is 0 Å². The number of anilines is 1. The molecule has 0 saturated heterocycles. The number of nitrogens with one attached hydrogen (secondary N) is 1. The van der Waals surface area contributed by atoms with Crippen molar-refractivity contribution in [3.8, 4) is 0 Å². The van der Waals surface area contributed by atoms with E-state index in [0.717, 1.165) is 11.3 Å². The molecular weight excluding hydrogens is 216 g/mol. The van der Waals surface area contributed by atoms with E-state index in [-0.39, 0.29) is 6.04 Å². The van der Waals surface area contributed by atoms with Crippen molar-refractivity contribution in [2.75, 3.05) is 5.73 Å². The van der Waals surface area contributed by atoms with Crippen molar-refractivity contribution in [3.63, 3.8) is 0 Å². The molecule has 0 spiro atoms. The van der Waals surface area contributed by atoms with Gasteiger partial charge in [-0.3, -0.25) is 5.84 Å². The zero-order valence-corrected chi connectivity index (χ0v) is 9.46. The zero-order chi connectivity index (χ0) is 12.3. The molecule has 0 aromatic carbocycles. The Kier molecular flexibility index (Phi) is 3.27. The first-order valence-corrected chi connectivity index (χ1v) is 5.18. The molecule has 88 valence electrons. The number of hydrogen-bond acceptors (Lipinski definition) is 6. The fourth-order valence-electron chi connectivity index (χ4n) is 1.64. The summed E-state index contributed by atoms with van der Waals surface area (Å²) in [7, 11) is 0. The van der Waals surface area contributed by atoms with Gasteiger partial charge in [0.1, 0.15) is 11.6 Å². The third kappa shape index (κ3) is 2.38.